The summed E-state index contributed by atoms with van der Waals surface area (Å²) in [6, 6.07) is 7.22. The Bertz CT molecular complexity index is 1410. The maximum absolute atomic E-state index is 9.88. The molecule has 0 amide bonds. The van der Waals surface area contributed by atoms with E-state index in [1.807, 2.05) is 0 Å². The molecule has 0 aromatic carbocycles. The van der Waals surface area contributed by atoms with Crippen LogP contribution < -0.4 is 15.5 Å². The molecular weight excluding hydrogens is 522 g/mol. The minimum atomic E-state index is -0.552. The van der Waals surface area contributed by atoms with Gasteiger partial charge >= 0.3 is 0 Å². The maximum atomic E-state index is 9.88. The number of aromatic nitrogens is 3. The molecular formula is C29H39N9OS. The molecule has 3 aromatic rings. The van der Waals surface area contributed by atoms with Crippen molar-refractivity contribution in [2.75, 3.05) is 74.9 Å². The van der Waals surface area contributed by atoms with Gasteiger partial charge in [-0.1, -0.05) is 5.16 Å². The summed E-state index contributed by atoms with van der Waals surface area (Å²) < 4.78 is 5.97. The number of fused-ring (bicyclic) bond motifs is 1. The lowest BCUT2D eigenvalue weighted by Crippen LogP contribution is -2.49. The summed E-state index contributed by atoms with van der Waals surface area (Å²) in [5.74, 6) is 1.97. The van der Waals surface area contributed by atoms with Crippen LogP contribution in [0.15, 0.2) is 16.7 Å². The third kappa shape index (κ3) is 4.82. The maximum Gasteiger partial charge on any atom is 0.237 e. The molecule has 0 bridgehead atoms. The summed E-state index contributed by atoms with van der Waals surface area (Å²) in [6.45, 7) is 14.5. The number of likely N-dealkylation sites (N-methyl/N-ethyl adjacent to an activating group) is 1. The Morgan fingerprint density at radius 3 is 2.48 bits per heavy atom. The third-order valence-electron chi connectivity index (χ3n) is 8.91. The number of thiophene rings is 1. The SMILES string of the molecule is CC(C)N1CCN(c2cc(-c3noc([C@@]4(C)CCCc5sc(N)c(C#N)c54)n3)nc(N3CCN(C)CC3)c2)CC1. The van der Waals surface area contributed by atoms with E-state index in [1.54, 1.807) is 0 Å². The van der Waals surface area contributed by atoms with Gasteiger partial charge in [0.1, 0.15) is 22.6 Å². The fourth-order valence-electron chi connectivity index (χ4n) is 6.35. The van der Waals surface area contributed by atoms with Crippen LogP contribution in [0, 0.1) is 11.3 Å². The first-order valence-corrected chi connectivity index (χ1v) is 15.2. The van der Waals surface area contributed by atoms with Crippen LogP contribution in [0.5, 0.6) is 0 Å². The molecule has 40 heavy (non-hydrogen) atoms. The predicted molar refractivity (Wildman–Crippen MR) is 159 cm³/mol. The van der Waals surface area contributed by atoms with Gasteiger partial charge in [-0.05, 0) is 53.1 Å². The molecule has 2 fully saturated rings. The number of hydrogen-bond donors (Lipinski definition) is 1. The summed E-state index contributed by atoms with van der Waals surface area (Å²) >= 11 is 1.51. The molecule has 3 aromatic heterocycles. The van der Waals surface area contributed by atoms with Gasteiger partial charge in [0.15, 0.2) is 0 Å². The van der Waals surface area contributed by atoms with Crippen LogP contribution in [0.2, 0.25) is 0 Å². The van der Waals surface area contributed by atoms with E-state index in [4.69, 9.17) is 20.2 Å². The van der Waals surface area contributed by atoms with Crippen LogP contribution in [0.25, 0.3) is 11.5 Å². The topological polar surface area (TPSA) is 115 Å². The lowest BCUT2D eigenvalue weighted by Gasteiger charge is -2.39. The zero-order chi connectivity index (χ0) is 28.0. The normalized spacial score (nSPS) is 22.5. The van der Waals surface area contributed by atoms with Gasteiger partial charge in [0.25, 0.3) is 0 Å². The molecule has 0 radical (unpaired) electrons. The van der Waals surface area contributed by atoms with Gasteiger partial charge in [-0.3, -0.25) is 4.90 Å². The van der Waals surface area contributed by atoms with Gasteiger partial charge in [0, 0.05) is 80.6 Å². The molecule has 3 aliphatic rings. The van der Waals surface area contributed by atoms with E-state index in [-0.39, 0.29) is 0 Å². The van der Waals surface area contributed by atoms with Crippen LogP contribution in [-0.4, -0.2) is 90.4 Å². The van der Waals surface area contributed by atoms with E-state index in [0.717, 1.165) is 99.3 Å². The van der Waals surface area contributed by atoms with E-state index in [2.05, 4.69) is 70.8 Å². The highest BCUT2D eigenvalue weighted by Gasteiger charge is 2.43. The molecule has 2 saturated heterocycles. The second-order valence-electron chi connectivity index (χ2n) is 11.8. The minimum absolute atomic E-state index is 0.489. The highest BCUT2D eigenvalue weighted by molar-refractivity contribution is 7.16. The van der Waals surface area contributed by atoms with E-state index in [0.29, 0.717) is 28.3 Å². The van der Waals surface area contributed by atoms with Gasteiger partial charge in [0.2, 0.25) is 11.7 Å². The zero-order valence-corrected chi connectivity index (χ0v) is 24.8. The molecule has 11 heteroatoms. The van der Waals surface area contributed by atoms with Crippen LogP contribution in [0.4, 0.5) is 16.5 Å². The number of aryl methyl sites for hydroxylation is 1. The lowest BCUT2D eigenvalue weighted by molar-refractivity contribution is 0.209. The van der Waals surface area contributed by atoms with Gasteiger partial charge in [-0.2, -0.15) is 10.2 Å². The van der Waals surface area contributed by atoms with Gasteiger partial charge < -0.3 is 25.0 Å². The number of rotatable bonds is 5. The summed E-state index contributed by atoms with van der Waals surface area (Å²) in [6.07, 6.45) is 2.73. The molecule has 1 atom stereocenters. The highest BCUT2D eigenvalue weighted by Crippen LogP contribution is 2.48. The standard InChI is InChI=1S/C29H39N9OS/c1-19(2)36-12-14-37(15-13-36)20-16-22(32-24(17-20)38-10-8-35(4)9-11-38)27-33-28(39-34-27)29(3)7-5-6-23-25(29)21(18-30)26(31)40-23/h16-17,19H,5-15,31H2,1-4H3/t29-/m0/s1. The second kappa shape index (κ2) is 10.7. The summed E-state index contributed by atoms with van der Waals surface area (Å²) in [5.41, 5.74) is 9.07. The Labute approximate surface area is 240 Å². The van der Waals surface area contributed by atoms with Crippen LogP contribution in [0.1, 0.15) is 55.5 Å². The molecule has 212 valence electrons. The molecule has 6 rings (SSSR count). The summed E-state index contributed by atoms with van der Waals surface area (Å²) in [4.78, 5) is 20.9. The number of nitriles is 1. The Balaban J connectivity index is 1.36. The first-order chi connectivity index (χ1) is 19.3. The van der Waals surface area contributed by atoms with Gasteiger partial charge in [0.05, 0.1) is 11.0 Å². The molecule has 2 N–H and O–H groups in total. The fourth-order valence-corrected chi connectivity index (χ4v) is 7.55. The first kappa shape index (κ1) is 27.0. The Hall–Kier alpha value is -3.20. The van der Waals surface area contributed by atoms with Crippen molar-refractivity contribution in [1.82, 2.24) is 24.9 Å². The van der Waals surface area contributed by atoms with Crippen molar-refractivity contribution in [3.05, 3.63) is 34.0 Å². The monoisotopic (exact) mass is 561 g/mol. The average molecular weight is 562 g/mol. The van der Waals surface area contributed by atoms with Crippen LogP contribution in [-0.2, 0) is 11.8 Å². The quantitative estimate of drug-likeness (QED) is 0.496. The molecule has 10 nitrogen and oxygen atoms in total. The van der Waals surface area contributed by atoms with E-state index < -0.39 is 5.41 Å². The van der Waals surface area contributed by atoms with E-state index >= 15 is 0 Å². The minimum Gasteiger partial charge on any atom is -0.389 e. The number of anilines is 3. The largest absolute Gasteiger partial charge is 0.389 e. The number of nitrogens with zero attached hydrogens (tertiary/aromatic N) is 8. The van der Waals surface area contributed by atoms with Crippen LogP contribution in [0.3, 0.4) is 0 Å². The van der Waals surface area contributed by atoms with Crippen molar-refractivity contribution >= 4 is 27.8 Å². The zero-order valence-electron chi connectivity index (χ0n) is 24.0. The fraction of sp³-hybridized carbons (Fsp3) is 0.586. The van der Waals surface area contributed by atoms with E-state index in [9.17, 15) is 5.26 Å². The lowest BCUT2D eigenvalue weighted by atomic mass is 9.72. The number of nitrogens with two attached hydrogens (primary N) is 1. The Morgan fingerprint density at radius 2 is 1.77 bits per heavy atom. The predicted octanol–water partition coefficient (Wildman–Crippen LogP) is 3.57. The average Bonchev–Trinajstić information content (AvgIpc) is 3.59. The van der Waals surface area contributed by atoms with Gasteiger partial charge in [-0.15, -0.1) is 11.3 Å². The van der Waals surface area contributed by atoms with E-state index in [1.165, 1.54) is 11.3 Å². The number of pyridine rings is 1. The first-order valence-electron chi connectivity index (χ1n) is 14.4. The number of hydrogen-bond acceptors (Lipinski definition) is 11. The molecule has 0 spiro atoms. The van der Waals surface area contributed by atoms with Crippen molar-refractivity contribution in [3.63, 3.8) is 0 Å². The van der Waals surface area contributed by atoms with Crippen molar-refractivity contribution < 1.29 is 4.52 Å². The van der Waals surface area contributed by atoms with Crippen molar-refractivity contribution in [1.29, 1.82) is 5.26 Å². The van der Waals surface area contributed by atoms with Crippen LogP contribution >= 0.6 is 11.3 Å². The smallest absolute Gasteiger partial charge is 0.237 e. The molecule has 5 heterocycles. The molecule has 0 saturated carbocycles. The third-order valence-corrected chi connectivity index (χ3v) is 9.99. The summed E-state index contributed by atoms with van der Waals surface area (Å²) in [5, 5.41) is 14.9. The van der Waals surface area contributed by atoms with Crippen molar-refractivity contribution in [3.8, 4) is 17.6 Å². The summed E-state index contributed by atoms with van der Waals surface area (Å²) in [7, 11) is 2.16. The molecule has 2 aliphatic heterocycles. The number of piperazine rings is 2. The molecule has 1 aliphatic carbocycles. The van der Waals surface area contributed by atoms with Crippen molar-refractivity contribution in [2.45, 2.75) is 51.5 Å². The van der Waals surface area contributed by atoms with Crippen molar-refractivity contribution in [2.24, 2.45) is 0 Å². The Kier molecular flexibility index (Phi) is 7.19. The van der Waals surface area contributed by atoms with Gasteiger partial charge in [-0.25, -0.2) is 4.98 Å². The Morgan fingerprint density at radius 1 is 1.05 bits per heavy atom. The number of nitrogen functional groups attached to an aromatic ring is 1. The highest BCUT2D eigenvalue weighted by atomic mass is 32.1. The second-order valence-corrected chi connectivity index (χ2v) is 13.0. The molecule has 0 unspecified atom stereocenters.